The van der Waals surface area contributed by atoms with E-state index in [9.17, 15) is 8.42 Å². The summed E-state index contributed by atoms with van der Waals surface area (Å²) in [6, 6.07) is -0.161. The molecule has 1 heterocycles. The van der Waals surface area contributed by atoms with Gasteiger partial charge in [-0.25, -0.2) is 18.1 Å². The first-order valence-corrected chi connectivity index (χ1v) is 7.66. The summed E-state index contributed by atoms with van der Waals surface area (Å²) in [4.78, 5) is 4.26. The van der Waals surface area contributed by atoms with Gasteiger partial charge in [-0.1, -0.05) is 6.92 Å². The van der Waals surface area contributed by atoms with Crippen LogP contribution >= 0.6 is 0 Å². The molecule has 1 aliphatic carbocycles. The van der Waals surface area contributed by atoms with Crippen LogP contribution < -0.4 is 4.72 Å². The van der Waals surface area contributed by atoms with Crippen LogP contribution in [0.5, 0.6) is 0 Å². The largest absolute Gasteiger partial charge is 0.337 e. The first-order valence-electron chi connectivity index (χ1n) is 6.00. The minimum Gasteiger partial charge on any atom is -0.337 e. The minimum atomic E-state index is -3.18. The van der Waals surface area contributed by atoms with E-state index in [1.807, 2.05) is 24.7 Å². The molecule has 0 amide bonds. The van der Waals surface area contributed by atoms with Crippen LogP contribution in [0.1, 0.15) is 38.1 Å². The molecular formula is C11H19N3O2S. The highest BCUT2D eigenvalue weighted by atomic mass is 32.2. The van der Waals surface area contributed by atoms with Crippen LogP contribution in [0.25, 0.3) is 0 Å². The molecule has 0 aliphatic heterocycles. The summed E-state index contributed by atoms with van der Waals surface area (Å²) in [6.45, 7) is 1.87. The number of hydrogen-bond donors (Lipinski definition) is 1. The van der Waals surface area contributed by atoms with Gasteiger partial charge in [0.25, 0.3) is 0 Å². The lowest BCUT2D eigenvalue weighted by Gasteiger charge is -2.17. The lowest BCUT2D eigenvalue weighted by molar-refractivity contribution is 0.499. The molecule has 1 N–H and O–H groups in total. The Labute approximate surface area is 102 Å². The molecule has 1 fully saturated rings. The number of aryl methyl sites for hydroxylation is 1. The monoisotopic (exact) mass is 257 g/mol. The lowest BCUT2D eigenvalue weighted by atomic mass is 10.2. The number of imidazole rings is 1. The Bertz CT molecular complexity index is 477. The van der Waals surface area contributed by atoms with Gasteiger partial charge in [0, 0.05) is 19.4 Å². The predicted octanol–water partition coefficient (Wildman–Crippen LogP) is 1.20. The standard InChI is InChI=1S/C11H19N3O2S/c1-3-8-17(15,16)13-10(9-4-5-9)11-12-6-7-14(11)2/h6-7,9-10,13H,3-5,8H2,1-2H3/t10-/m1/s1. The SMILES string of the molecule is CCCS(=O)(=O)N[C@@H](c1nccn1C)C1CC1. The van der Waals surface area contributed by atoms with Gasteiger partial charge >= 0.3 is 0 Å². The van der Waals surface area contributed by atoms with Crippen LogP contribution in [0.2, 0.25) is 0 Å². The summed E-state index contributed by atoms with van der Waals surface area (Å²) in [6.07, 6.45) is 6.34. The van der Waals surface area contributed by atoms with Gasteiger partial charge in [-0.2, -0.15) is 0 Å². The quantitative estimate of drug-likeness (QED) is 0.833. The second-order valence-corrected chi connectivity index (χ2v) is 6.52. The Kier molecular flexibility index (Phi) is 3.53. The van der Waals surface area contributed by atoms with E-state index >= 15 is 0 Å². The molecule has 2 rings (SSSR count). The first-order chi connectivity index (χ1) is 8.03. The average Bonchev–Trinajstić information content (AvgIpc) is 2.99. The molecule has 0 spiro atoms. The van der Waals surface area contributed by atoms with Gasteiger partial charge in [-0.15, -0.1) is 0 Å². The van der Waals surface area contributed by atoms with Gasteiger partial charge in [0.15, 0.2) is 0 Å². The van der Waals surface area contributed by atoms with E-state index in [0.29, 0.717) is 12.3 Å². The molecule has 1 aliphatic rings. The van der Waals surface area contributed by atoms with E-state index in [4.69, 9.17) is 0 Å². The molecule has 1 atom stereocenters. The number of sulfonamides is 1. The molecule has 96 valence electrons. The lowest BCUT2D eigenvalue weighted by Crippen LogP contribution is -2.33. The molecule has 1 aromatic rings. The van der Waals surface area contributed by atoms with Gasteiger partial charge in [0.05, 0.1) is 11.8 Å². The molecule has 0 aromatic carbocycles. The maximum atomic E-state index is 11.8. The number of nitrogens with one attached hydrogen (secondary N) is 1. The maximum Gasteiger partial charge on any atom is 0.212 e. The van der Waals surface area contributed by atoms with Crippen molar-refractivity contribution in [1.29, 1.82) is 0 Å². The zero-order valence-electron chi connectivity index (χ0n) is 10.3. The fourth-order valence-corrected chi connectivity index (χ4v) is 3.33. The molecule has 1 saturated carbocycles. The van der Waals surface area contributed by atoms with E-state index in [2.05, 4.69) is 9.71 Å². The summed E-state index contributed by atoms with van der Waals surface area (Å²) in [7, 11) is -1.29. The molecule has 5 nitrogen and oxygen atoms in total. The molecule has 1 aromatic heterocycles. The Morgan fingerprint density at radius 2 is 2.29 bits per heavy atom. The highest BCUT2D eigenvalue weighted by molar-refractivity contribution is 7.89. The summed E-state index contributed by atoms with van der Waals surface area (Å²) >= 11 is 0. The third-order valence-electron chi connectivity index (χ3n) is 3.01. The van der Waals surface area contributed by atoms with Crippen LogP contribution in [0.3, 0.4) is 0 Å². The van der Waals surface area contributed by atoms with Crippen LogP contribution in [0.4, 0.5) is 0 Å². The predicted molar refractivity (Wildman–Crippen MR) is 65.9 cm³/mol. The molecular weight excluding hydrogens is 238 g/mol. The zero-order valence-corrected chi connectivity index (χ0v) is 11.1. The number of aromatic nitrogens is 2. The highest BCUT2D eigenvalue weighted by Crippen LogP contribution is 2.40. The van der Waals surface area contributed by atoms with Gasteiger partial charge < -0.3 is 4.57 Å². The average molecular weight is 257 g/mol. The Morgan fingerprint density at radius 3 is 2.76 bits per heavy atom. The van der Waals surface area contributed by atoms with Crippen molar-refractivity contribution in [1.82, 2.24) is 14.3 Å². The fourth-order valence-electron chi connectivity index (χ4n) is 1.99. The maximum absolute atomic E-state index is 11.8. The van der Waals surface area contributed by atoms with Crippen LogP contribution in [0, 0.1) is 5.92 Å². The Morgan fingerprint density at radius 1 is 1.59 bits per heavy atom. The van der Waals surface area contributed by atoms with E-state index in [1.54, 1.807) is 6.20 Å². The van der Waals surface area contributed by atoms with Crippen LogP contribution in [-0.2, 0) is 17.1 Å². The highest BCUT2D eigenvalue weighted by Gasteiger charge is 2.36. The number of hydrogen-bond acceptors (Lipinski definition) is 3. The first kappa shape index (κ1) is 12.6. The van der Waals surface area contributed by atoms with Crippen molar-refractivity contribution in [2.45, 2.75) is 32.2 Å². The normalized spacial score (nSPS) is 18.2. The van der Waals surface area contributed by atoms with Crippen molar-refractivity contribution in [2.24, 2.45) is 13.0 Å². The summed E-state index contributed by atoms with van der Waals surface area (Å²) in [5, 5.41) is 0. The third-order valence-corrected chi connectivity index (χ3v) is 4.57. The molecule has 0 unspecified atom stereocenters. The summed E-state index contributed by atoms with van der Waals surface area (Å²) in [5.41, 5.74) is 0. The summed E-state index contributed by atoms with van der Waals surface area (Å²) in [5.74, 6) is 1.40. The zero-order chi connectivity index (χ0) is 12.5. The third kappa shape index (κ3) is 3.07. The van der Waals surface area contributed by atoms with Crippen LogP contribution in [-0.4, -0.2) is 23.7 Å². The van der Waals surface area contributed by atoms with Crippen molar-refractivity contribution in [2.75, 3.05) is 5.75 Å². The van der Waals surface area contributed by atoms with Crippen molar-refractivity contribution in [3.63, 3.8) is 0 Å². The molecule has 0 radical (unpaired) electrons. The fraction of sp³-hybridized carbons (Fsp3) is 0.727. The van der Waals surface area contributed by atoms with Gasteiger partial charge in [-0.3, -0.25) is 0 Å². The van der Waals surface area contributed by atoms with Crippen molar-refractivity contribution < 1.29 is 8.42 Å². The van der Waals surface area contributed by atoms with E-state index < -0.39 is 10.0 Å². The van der Waals surface area contributed by atoms with Gasteiger partial charge in [-0.05, 0) is 25.2 Å². The van der Waals surface area contributed by atoms with E-state index in [0.717, 1.165) is 18.7 Å². The number of nitrogens with zero attached hydrogens (tertiary/aromatic N) is 2. The molecule has 0 saturated heterocycles. The second kappa shape index (κ2) is 4.78. The van der Waals surface area contributed by atoms with Crippen molar-refractivity contribution in [3.8, 4) is 0 Å². The topological polar surface area (TPSA) is 64.0 Å². The molecule has 6 heteroatoms. The van der Waals surface area contributed by atoms with E-state index in [1.165, 1.54) is 0 Å². The van der Waals surface area contributed by atoms with Gasteiger partial charge in [0.2, 0.25) is 10.0 Å². The van der Waals surface area contributed by atoms with Crippen molar-refractivity contribution in [3.05, 3.63) is 18.2 Å². The van der Waals surface area contributed by atoms with E-state index in [-0.39, 0.29) is 11.8 Å². The Hall–Kier alpha value is -0.880. The minimum absolute atomic E-state index is 0.161. The number of rotatable bonds is 6. The summed E-state index contributed by atoms with van der Waals surface area (Å²) < 4.78 is 28.3. The second-order valence-electron chi connectivity index (χ2n) is 4.65. The molecule has 17 heavy (non-hydrogen) atoms. The van der Waals surface area contributed by atoms with Gasteiger partial charge in [0.1, 0.15) is 5.82 Å². The van der Waals surface area contributed by atoms with Crippen LogP contribution in [0.15, 0.2) is 12.4 Å². The molecule has 0 bridgehead atoms. The smallest absolute Gasteiger partial charge is 0.212 e. The Balaban J connectivity index is 2.17. The van der Waals surface area contributed by atoms with Crippen molar-refractivity contribution >= 4 is 10.0 Å².